The van der Waals surface area contributed by atoms with Gasteiger partial charge in [0, 0.05) is 0 Å². The molecule has 2 rings (SSSR count). The second-order valence-electron chi connectivity index (χ2n) is 4.64. The first-order valence-corrected chi connectivity index (χ1v) is 6.84. The third-order valence-electron chi connectivity index (χ3n) is 2.93. The molecule has 0 radical (unpaired) electrons. The molecule has 23 heavy (non-hydrogen) atoms. The molecule has 0 saturated carbocycles. The van der Waals surface area contributed by atoms with Gasteiger partial charge in [-0.05, 0) is 29.8 Å². The van der Waals surface area contributed by atoms with Crippen LogP contribution >= 0.6 is 11.6 Å². The Kier molecular flexibility index (Phi) is 4.92. The van der Waals surface area contributed by atoms with Crippen molar-refractivity contribution in [3.63, 3.8) is 0 Å². The van der Waals surface area contributed by atoms with Gasteiger partial charge in [0.1, 0.15) is 16.5 Å². The summed E-state index contributed by atoms with van der Waals surface area (Å²) in [6.07, 6.45) is -0.0585. The van der Waals surface area contributed by atoms with Crippen molar-refractivity contribution in [1.29, 1.82) is 0 Å². The zero-order valence-electron chi connectivity index (χ0n) is 11.7. The average molecular weight is 337 g/mol. The van der Waals surface area contributed by atoms with Crippen molar-refractivity contribution in [3.05, 3.63) is 52.5 Å². The fourth-order valence-corrected chi connectivity index (χ4v) is 1.99. The van der Waals surface area contributed by atoms with Crippen LogP contribution in [0.25, 0.3) is 0 Å². The van der Waals surface area contributed by atoms with Crippen LogP contribution in [0.15, 0.2) is 36.4 Å². The lowest BCUT2D eigenvalue weighted by atomic mass is 10.1. The van der Waals surface area contributed by atoms with Crippen LogP contribution < -0.4 is 10.9 Å². The molecule has 0 aromatic heterocycles. The van der Waals surface area contributed by atoms with Crippen LogP contribution in [0.3, 0.4) is 0 Å². The molecule has 0 bridgehead atoms. The monoisotopic (exact) mass is 336 g/mol. The SMILES string of the molecule is O=C(Cc1cccc(O)c1)NNC(=O)c1ccc(O)c(Cl)c1O. The summed E-state index contributed by atoms with van der Waals surface area (Å²) in [5, 5.41) is 27.9. The highest BCUT2D eigenvalue weighted by atomic mass is 35.5. The Hall–Kier alpha value is -2.93. The van der Waals surface area contributed by atoms with E-state index in [1.807, 2.05) is 0 Å². The summed E-state index contributed by atoms with van der Waals surface area (Å²) >= 11 is 5.62. The highest BCUT2D eigenvalue weighted by Crippen LogP contribution is 2.34. The predicted octanol–water partition coefficient (Wildman–Crippen LogP) is 1.46. The molecule has 0 unspecified atom stereocenters. The van der Waals surface area contributed by atoms with Gasteiger partial charge in [-0.2, -0.15) is 0 Å². The van der Waals surface area contributed by atoms with Crippen LogP contribution in [0.5, 0.6) is 17.2 Å². The molecule has 0 saturated heterocycles. The Morgan fingerprint density at radius 2 is 1.78 bits per heavy atom. The summed E-state index contributed by atoms with van der Waals surface area (Å²) in [7, 11) is 0. The molecule has 2 aromatic rings. The summed E-state index contributed by atoms with van der Waals surface area (Å²) in [6, 6.07) is 8.44. The number of nitrogens with one attached hydrogen (secondary N) is 2. The van der Waals surface area contributed by atoms with E-state index in [2.05, 4.69) is 10.9 Å². The third-order valence-corrected chi connectivity index (χ3v) is 3.30. The van der Waals surface area contributed by atoms with E-state index in [1.54, 1.807) is 12.1 Å². The second-order valence-corrected chi connectivity index (χ2v) is 5.02. The molecule has 120 valence electrons. The minimum absolute atomic E-state index is 0.0305. The van der Waals surface area contributed by atoms with E-state index in [0.29, 0.717) is 5.56 Å². The standard InChI is InChI=1S/C15H13ClN2O5/c16-13-11(20)5-4-10(14(13)22)15(23)18-17-12(21)7-8-2-1-3-9(19)6-8/h1-6,19-20,22H,7H2,(H,17,21)(H,18,23). The van der Waals surface area contributed by atoms with Gasteiger partial charge in [0.05, 0.1) is 12.0 Å². The maximum absolute atomic E-state index is 11.9. The molecule has 0 aliphatic rings. The quantitative estimate of drug-likeness (QED) is 0.544. The van der Waals surface area contributed by atoms with Crippen molar-refractivity contribution in [2.75, 3.05) is 0 Å². The molecule has 2 aromatic carbocycles. The number of rotatable bonds is 3. The summed E-state index contributed by atoms with van der Waals surface area (Å²) in [6.45, 7) is 0. The topological polar surface area (TPSA) is 119 Å². The lowest BCUT2D eigenvalue weighted by Gasteiger charge is -2.10. The zero-order valence-corrected chi connectivity index (χ0v) is 12.5. The Labute approximate surface area is 136 Å². The van der Waals surface area contributed by atoms with E-state index in [9.17, 15) is 24.9 Å². The molecule has 0 heterocycles. The van der Waals surface area contributed by atoms with Gasteiger partial charge in [0.25, 0.3) is 5.91 Å². The number of carbonyl (C=O) groups excluding carboxylic acids is 2. The number of halogens is 1. The van der Waals surface area contributed by atoms with Crippen molar-refractivity contribution >= 4 is 23.4 Å². The van der Waals surface area contributed by atoms with Gasteiger partial charge in [-0.15, -0.1) is 0 Å². The van der Waals surface area contributed by atoms with Crippen LogP contribution in [0.2, 0.25) is 5.02 Å². The normalized spacial score (nSPS) is 10.1. The van der Waals surface area contributed by atoms with Gasteiger partial charge in [-0.3, -0.25) is 20.4 Å². The third kappa shape index (κ3) is 4.04. The number of hydrogen-bond donors (Lipinski definition) is 5. The van der Waals surface area contributed by atoms with Crippen LogP contribution in [0, 0.1) is 0 Å². The Morgan fingerprint density at radius 1 is 1.04 bits per heavy atom. The van der Waals surface area contributed by atoms with E-state index in [4.69, 9.17) is 11.6 Å². The maximum Gasteiger partial charge on any atom is 0.273 e. The van der Waals surface area contributed by atoms with Crippen molar-refractivity contribution in [2.24, 2.45) is 0 Å². The molecule has 0 aliphatic carbocycles. The first-order valence-electron chi connectivity index (χ1n) is 6.46. The summed E-state index contributed by atoms with van der Waals surface area (Å²) < 4.78 is 0. The Bertz CT molecular complexity index is 764. The van der Waals surface area contributed by atoms with Gasteiger partial charge in [-0.25, -0.2) is 0 Å². The van der Waals surface area contributed by atoms with Gasteiger partial charge in [-0.1, -0.05) is 23.7 Å². The lowest BCUT2D eigenvalue weighted by Crippen LogP contribution is -2.42. The van der Waals surface area contributed by atoms with Crippen LogP contribution in [0.1, 0.15) is 15.9 Å². The molecular formula is C15H13ClN2O5. The number of hydrazine groups is 1. The Balaban J connectivity index is 1.96. The minimum atomic E-state index is -0.798. The van der Waals surface area contributed by atoms with E-state index < -0.39 is 17.6 Å². The number of phenolic OH excluding ortho intramolecular Hbond substituents is 3. The molecule has 0 atom stereocenters. The zero-order chi connectivity index (χ0) is 17.0. The first kappa shape index (κ1) is 16.4. The van der Waals surface area contributed by atoms with Crippen molar-refractivity contribution in [2.45, 2.75) is 6.42 Å². The summed E-state index contributed by atoms with van der Waals surface area (Å²) in [5.41, 5.74) is 4.65. The molecule has 8 heteroatoms. The predicted molar refractivity (Wildman–Crippen MR) is 82.2 cm³/mol. The van der Waals surface area contributed by atoms with Crippen molar-refractivity contribution in [1.82, 2.24) is 10.9 Å². The molecule has 0 fully saturated rings. The molecule has 0 spiro atoms. The number of amides is 2. The summed E-state index contributed by atoms with van der Waals surface area (Å²) in [5.74, 6) is -2.25. The van der Waals surface area contributed by atoms with Gasteiger partial charge < -0.3 is 15.3 Å². The number of aromatic hydroxyl groups is 3. The number of phenols is 3. The van der Waals surface area contributed by atoms with Crippen LogP contribution in [-0.4, -0.2) is 27.1 Å². The molecule has 5 N–H and O–H groups in total. The number of carbonyl (C=O) groups is 2. The Morgan fingerprint density at radius 3 is 2.48 bits per heavy atom. The second kappa shape index (κ2) is 6.89. The molecule has 7 nitrogen and oxygen atoms in total. The largest absolute Gasteiger partial charge is 0.508 e. The maximum atomic E-state index is 11.9. The lowest BCUT2D eigenvalue weighted by molar-refractivity contribution is -0.121. The van der Waals surface area contributed by atoms with E-state index in [0.717, 1.165) is 12.1 Å². The number of hydrogen-bond acceptors (Lipinski definition) is 5. The van der Waals surface area contributed by atoms with Gasteiger partial charge >= 0.3 is 0 Å². The van der Waals surface area contributed by atoms with Crippen molar-refractivity contribution < 1.29 is 24.9 Å². The highest BCUT2D eigenvalue weighted by molar-refractivity contribution is 6.34. The molecule has 0 aliphatic heterocycles. The molecular weight excluding hydrogens is 324 g/mol. The highest BCUT2D eigenvalue weighted by Gasteiger charge is 2.17. The molecule has 2 amide bonds. The summed E-state index contributed by atoms with van der Waals surface area (Å²) in [4.78, 5) is 23.6. The van der Waals surface area contributed by atoms with Crippen molar-refractivity contribution in [3.8, 4) is 17.2 Å². The minimum Gasteiger partial charge on any atom is -0.508 e. The van der Waals surface area contributed by atoms with E-state index >= 15 is 0 Å². The fourth-order valence-electron chi connectivity index (χ4n) is 1.83. The van der Waals surface area contributed by atoms with Crippen LogP contribution in [-0.2, 0) is 11.2 Å². The van der Waals surface area contributed by atoms with Gasteiger partial charge in [0.15, 0.2) is 5.75 Å². The van der Waals surface area contributed by atoms with Crippen LogP contribution in [0.4, 0.5) is 0 Å². The van der Waals surface area contributed by atoms with E-state index in [1.165, 1.54) is 12.1 Å². The smallest absolute Gasteiger partial charge is 0.273 e. The number of benzene rings is 2. The average Bonchev–Trinajstić information content (AvgIpc) is 2.50. The van der Waals surface area contributed by atoms with Gasteiger partial charge in [0.2, 0.25) is 5.91 Å². The first-order chi connectivity index (χ1) is 10.9. The van der Waals surface area contributed by atoms with E-state index in [-0.39, 0.29) is 28.5 Å². The fraction of sp³-hybridized carbons (Fsp3) is 0.0667.